The summed E-state index contributed by atoms with van der Waals surface area (Å²) in [5.41, 5.74) is 3.63. The van der Waals surface area contributed by atoms with Crippen LogP contribution in [0.15, 0.2) is 48.9 Å². The van der Waals surface area contributed by atoms with E-state index >= 15 is 0 Å². The van der Waals surface area contributed by atoms with Crippen molar-refractivity contribution >= 4 is 23.3 Å². The summed E-state index contributed by atoms with van der Waals surface area (Å²) in [7, 11) is 0. The Labute approximate surface area is 250 Å². The summed E-state index contributed by atoms with van der Waals surface area (Å²) in [6.07, 6.45) is 9.82. The average molecular weight is 583 g/mol. The van der Waals surface area contributed by atoms with Crippen molar-refractivity contribution < 1.29 is 18.7 Å². The minimum Gasteiger partial charge on any atom is -0.451 e. The second-order valence-corrected chi connectivity index (χ2v) is 13.0. The largest absolute Gasteiger partial charge is 0.451 e. The molecule has 2 amide bonds. The van der Waals surface area contributed by atoms with Gasteiger partial charge in [-0.2, -0.15) is 0 Å². The van der Waals surface area contributed by atoms with Crippen LogP contribution >= 0.6 is 0 Å². The van der Waals surface area contributed by atoms with Crippen LogP contribution in [0, 0.1) is 11.2 Å². The Morgan fingerprint density at radius 1 is 1.02 bits per heavy atom. The highest BCUT2D eigenvalue weighted by Gasteiger charge is 2.45. The van der Waals surface area contributed by atoms with Crippen molar-refractivity contribution in [3.8, 4) is 11.5 Å². The van der Waals surface area contributed by atoms with Gasteiger partial charge in [-0.15, -0.1) is 0 Å². The lowest BCUT2D eigenvalue weighted by Gasteiger charge is -2.26. The van der Waals surface area contributed by atoms with Crippen molar-refractivity contribution in [2.24, 2.45) is 5.41 Å². The topological polar surface area (TPSA) is 90.9 Å². The molecule has 1 atom stereocenters. The summed E-state index contributed by atoms with van der Waals surface area (Å²) in [5.74, 6) is 0.953. The molecule has 1 spiro atoms. The number of amides is 2. The van der Waals surface area contributed by atoms with E-state index in [1.54, 1.807) is 12.3 Å². The van der Waals surface area contributed by atoms with Crippen LogP contribution in [0.5, 0.6) is 11.5 Å². The number of carbonyl (C=O) groups excluding carboxylic acids is 2. The summed E-state index contributed by atoms with van der Waals surface area (Å²) >= 11 is 0. The maximum Gasteiger partial charge on any atom is 0.258 e. The zero-order valence-electron chi connectivity index (χ0n) is 24.1. The molecule has 10 heteroatoms. The van der Waals surface area contributed by atoms with Crippen molar-refractivity contribution in [1.29, 1.82) is 0 Å². The van der Waals surface area contributed by atoms with E-state index in [1.807, 2.05) is 4.90 Å². The van der Waals surface area contributed by atoms with Crippen LogP contribution in [0.1, 0.15) is 60.0 Å². The van der Waals surface area contributed by atoms with Crippen molar-refractivity contribution in [1.82, 2.24) is 19.8 Å². The zero-order valence-corrected chi connectivity index (χ0v) is 24.1. The number of benzene rings is 2. The van der Waals surface area contributed by atoms with E-state index in [1.165, 1.54) is 24.0 Å². The molecular formula is C33H35FN6O3. The molecule has 4 saturated heterocycles. The second kappa shape index (κ2) is 10.3. The standard InChI is InChI=1S/C33H35FN6O3/c34-23-3-8-28(26(15-23)32(42)40-24-4-5-25(40)7-6-24)43-29-16-35-20-36-31(29)39-12-10-33(19-39)9-11-38(18-33)17-21-1-2-22-14-30(41)37-27(22)13-21/h1-3,8,13,15-16,20,24-25H,4-7,9-12,14,17-19H2,(H,37,41). The Morgan fingerprint density at radius 3 is 2.67 bits per heavy atom. The van der Waals surface area contributed by atoms with Gasteiger partial charge in [-0.05, 0) is 80.5 Å². The molecule has 1 unspecified atom stereocenters. The molecule has 222 valence electrons. The fraction of sp³-hybridized carbons (Fsp3) is 0.455. The number of nitrogens with one attached hydrogen (secondary N) is 1. The van der Waals surface area contributed by atoms with Gasteiger partial charge in [0.2, 0.25) is 5.91 Å². The van der Waals surface area contributed by atoms with Crippen LogP contribution in [-0.4, -0.2) is 69.8 Å². The molecule has 5 aliphatic heterocycles. The molecule has 6 heterocycles. The fourth-order valence-corrected chi connectivity index (χ4v) is 8.11. The Bertz CT molecular complexity index is 1600. The molecule has 43 heavy (non-hydrogen) atoms. The molecule has 1 N–H and O–H groups in total. The third-order valence-electron chi connectivity index (χ3n) is 10.2. The van der Waals surface area contributed by atoms with Crippen molar-refractivity contribution in [3.63, 3.8) is 0 Å². The Hall–Kier alpha value is -4.05. The third kappa shape index (κ3) is 4.81. The van der Waals surface area contributed by atoms with Crippen LogP contribution in [0.4, 0.5) is 15.9 Å². The molecule has 0 saturated carbocycles. The van der Waals surface area contributed by atoms with Crippen LogP contribution in [0.3, 0.4) is 0 Å². The number of nitrogens with zero attached hydrogens (tertiary/aromatic N) is 5. The van der Waals surface area contributed by atoms with Gasteiger partial charge >= 0.3 is 0 Å². The molecule has 2 aromatic carbocycles. The molecule has 4 fully saturated rings. The van der Waals surface area contributed by atoms with Crippen LogP contribution < -0.4 is 15.0 Å². The van der Waals surface area contributed by atoms with Gasteiger partial charge in [0.05, 0.1) is 18.2 Å². The molecule has 3 aromatic rings. The lowest BCUT2D eigenvalue weighted by Crippen LogP contribution is -2.35. The molecule has 0 radical (unpaired) electrons. The summed E-state index contributed by atoms with van der Waals surface area (Å²) in [4.78, 5) is 40.9. The maximum absolute atomic E-state index is 14.4. The van der Waals surface area contributed by atoms with Crippen LogP contribution in [-0.2, 0) is 17.8 Å². The smallest absolute Gasteiger partial charge is 0.258 e. The number of hydrogen-bond donors (Lipinski definition) is 1. The van der Waals surface area contributed by atoms with Gasteiger partial charge in [0, 0.05) is 49.4 Å². The molecule has 9 nitrogen and oxygen atoms in total. The van der Waals surface area contributed by atoms with Gasteiger partial charge in [0.1, 0.15) is 17.9 Å². The number of halogens is 1. The van der Waals surface area contributed by atoms with Gasteiger partial charge in [-0.25, -0.2) is 14.4 Å². The van der Waals surface area contributed by atoms with E-state index in [4.69, 9.17) is 4.74 Å². The van der Waals surface area contributed by atoms with Crippen LogP contribution in [0.2, 0.25) is 0 Å². The Balaban J connectivity index is 0.977. The number of hydrogen-bond acceptors (Lipinski definition) is 7. The minimum atomic E-state index is -0.455. The molecule has 2 bridgehead atoms. The summed E-state index contributed by atoms with van der Waals surface area (Å²) < 4.78 is 20.8. The van der Waals surface area contributed by atoms with E-state index in [0.717, 1.165) is 82.5 Å². The normalized spacial score (nSPS) is 26.0. The van der Waals surface area contributed by atoms with E-state index in [-0.39, 0.29) is 34.9 Å². The summed E-state index contributed by atoms with van der Waals surface area (Å²) in [6, 6.07) is 11.0. The number of ether oxygens (including phenoxy) is 1. The lowest BCUT2D eigenvalue weighted by atomic mass is 9.86. The molecule has 5 aliphatic rings. The maximum atomic E-state index is 14.4. The zero-order chi connectivity index (χ0) is 29.1. The number of rotatable bonds is 6. The van der Waals surface area contributed by atoms with E-state index in [9.17, 15) is 14.0 Å². The number of carbonyl (C=O) groups is 2. The SMILES string of the molecule is O=C1Cc2ccc(CN3CCC4(CCN(c5ncncc5Oc5ccc(F)cc5C(=O)N5C6CCC5CC6)C4)C3)cc2N1. The van der Waals surface area contributed by atoms with Crippen LogP contribution in [0.25, 0.3) is 0 Å². The predicted molar refractivity (Wildman–Crippen MR) is 159 cm³/mol. The van der Waals surface area contributed by atoms with E-state index in [2.05, 4.69) is 43.3 Å². The molecular weight excluding hydrogens is 547 g/mol. The lowest BCUT2D eigenvalue weighted by molar-refractivity contribution is -0.115. The van der Waals surface area contributed by atoms with Gasteiger partial charge in [-0.3, -0.25) is 14.5 Å². The number of fused-ring (bicyclic) bond motifs is 3. The molecule has 8 rings (SSSR count). The first-order valence-corrected chi connectivity index (χ1v) is 15.4. The second-order valence-electron chi connectivity index (χ2n) is 13.0. The molecule has 0 aliphatic carbocycles. The van der Waals surface area contributed by atoms with Gasteiger partial charge in [0.15, 0.2) is 11.6 Å². The number of aromatic nitrogens is 2. The van der Waals surface area contributed by atoms with Crippen molar-refractivity contribution in [2.45, 2.75) is 63.6 Å². The summed E-state index contributed by atoms with van der Waals surface area (Å²) in [5, 5.41) is 2.96. The first-order valence-electron chi connectivity index (χ1n) is 15.4. The first-order chi connectivity index (χ1) is 20.9. The quantitative estimate of drug-likeness (QED) is 0.448. The fourth-order valence-electron chi connectivity index (χ4n) is 8.11. The van der Waals surface area contributed by atoms with Gasteiger partial charge < -0.3 is 19.9 Å². The monoisotopic (exact) mass is 582 g/mol. The number of likely N-dealkylation sites (tertiary alicyclic amines) is 1. The van der Waals surface area contributed by atoms with E-state index < -0.39 is 5.82 Å². The third-order valence-corrected chi connectivity index (χ3v) is 10.2. The Kier molecular flexibility index (Phi) is 6.36. The van der Waals surface area contributed by atoms with Gasteiger partial charge in [-0.1, -0.05) is 12.1 Å². The highest BCUT2D eigenvalue weighted by atomic mass is 19.1. The molecule has 1 aromatic heterocycles. The highest BCUT2D eigenvalue weighted by molar-refractivity contribution is 5.99. The van der Waals surface area contributed by atoms with Gasteiger partial charge in [0.25, 0.3) is 5.91 Å². The van der Waals surface area contributed by atoms with E-state index in [0.29, 0.717) is 23.7 Å². The highest BCUT2D eigenvalue weighted by Crippen LogP contribution is 2.44. The first kappa shape index (κ1) is 26.6. The van der Waals surface area contributed by atoms with Crippen molar-refractivity contribution in [3.05, 3.63) is 71.4 Å². The summed E-state index contributed by atoms with van der Waals surface area (Å²) in [6.45, 7) is 4.56. The van der Waals surface area contributed by atoms with Crippen molar-refractivity contribution in [2.75, 3.05) is 36.4 Å². The minimum absolute atomic E-state index is 0.0622. The predicted octanol–water partition coefficient (Wildman–Crippen LogP) is 4.77. The Morgan fingerprint density at radius 2 is 1.84 bits per heavy atom. The average Bonchev–Trinajstić information content (AvgIpc) is 3.84. The number of anilines is 2.